The Bertz CT molecular complexity index is 623. The van der Waals surface area contributed by atoms with Crippen LogP contribution >= 0.6 is 0 Å². The van der Waals surface area contributed by atoms with Crippen molar-refractivity contribution >= 4 is 0 Å². The third kappa shape index (κ3) is 1.68. The molecule has 0 saturated carbocycles. The monoisotopic (exact) mass is 301 g/mol. The molecule has 0 spiro atoms. The largest absolute Gasteiger partial charge is 0.341 e. The Hall–Kier alpha value is -1.41. The number of fused-ring (bicyclic) bond motifs is 1. The molecule has 0 amide bonds. The summed E-state index contributed by atoms with van der Waals surface area (Å²) in [6.07, 6.45) is 0.404. The molecule has 2 atom stereocenters. The van der Waals surface area contributed by atoms with Crippen LogP contribution in [-0.4, -0.2) is 12.2 Å². The van der Waals surface area contributed by atoms with Crippen molar-refractivity contribution in [2.24, 2.45) is 10.8 Å². The average Bonchev–Trinajstić information content (AvgIpc) is 2.54. The first-order valence-corrected chi connectivity index (χ1v) is 7.67. The van der Waals surface area contributed by atoms with Crippen molar-refractivity contribution in [3.05, 3.63) is 35.4 Å². The van der Waals surface area contributed by atoms with Gasteiger partial charge in [0, 0.05) is 16.4 Å². The molecule has 0 aliphatic carbocycles. The van der Waals surface area contributed by atoms with E-state index in [0.29, 0.717) is 13.0 Å². The van der Waals surface area contributed by atoms with Crippen molar-refractivity contribution in [2.45, 2.75) is 52.4 Å². The van der Waals surface area contributed by atoms with Crippen molar-refractivity contribution in [2.75, 3.05) is 6.61 Å². The Morgan fingerprint density at radius 1 is 1.14 bits per heavy atom. The number of ether oxygens (including phenoxy) is 1. The van der Waals surface area contributed by atoms with E-state index in [4.69, 9.17) is 19.8 Å². The van der Waals surface area contributed by atoms with E-state index >= 15 is 0 Å². The van der Waals surface area contributed by atoms with Gasteiger partial charge in [-0.2, -0.15) is 10.1 Å². The summed E-state index contributed by atoms with van der Waals surface area (Å²) in [6.45, 7) is 11.4. The first-order valence-electron chi connectivity index (χ1n) is 7.67. The highest BCUT2D eigenvalue weighted by molar-refractivity contribution is 5.34. The fourth-order valence-corrected chi connectivity index (χ4v) is 4.17. The standard InChI is InChI=1S/C18H23NO3/c1-15(2,3)18-16(4,5)12-20-17(18,21-22-18)14-8-6-13(7-9-14)10-11-19/h6-9H,10,12H2,1-5H3. The number of hydrogen-bond acceptors (Lipinski definition) is 4. The molecule has 2 saturated heterocycles. The Morgan fingerprint density at radius 3 is 2.23 bits per heavy atom. The third-order valence-corrected chi connectivity index (χ3v) is 5.01. The van der Waals surface area contributed by atoms with Crippen molar-refractivity contribution in [1.82, 2.24) is 0 Å². The SMILES string of the molecule is CC(C)(C)C12OOC1(c1ccc(CC#N)cc1)OCC2(C)C. The highest BCUT2D eigenvalue weighted by Gasteiger charge is 2.81. The molecular formula is C18H23NO3. The molecule has 0 N–H and O–H groups in total. The van der Waals surface area contributed by atoms with E-state index in [9.17, 15) is 0 Å². The second-order valence-electron chi connectivity index (χ2n) is 7.92. The molecule has 2 aliphatic heterocycles. The van der Waals surface area contributed by atoms with E-state index in [1.54, 1.807) is 0 Å². The van der Waals surface area contributed by atoms with E-state index in [-0.39, 0.29) is 10.8 Å². The third-order valence-electron chi connectivity index (χ3n) is 5.01. The van der Waals surface area contributed by atoms with Crippen molar-refractivity contribution < 1.29 is 14.5 Å². The number of nitriles is 1. The minimum Gasteiger partial charge on any atom is -0.341 e. The predicted octanol–water partition coefficient (Wildman–Crippen LogP) is 3.71. The van der Waals surface area contributed by atoms with Crippen LogP contribution in [0.2, 0.25) is 0 Å². The first kappa shape index (κ1) is 15.5. The van der Waals surface area contributed by atoms with Gasteiger partial charge in [-0.25, -0.2) is 4.89 Å². The molecule has 0 bridgehead atoms. The summed E-state index contributed by atoms with van der Waals surface area (Å²) in [6, 6.07) is 10.0. The van der Waals surface area contributed by atoms with Crippen LogP contribution in [0.1, 0.15) is 45.7 Å². The molecule has 22 heavy (non-hydrogen) atoms. The van der Waals surface area contributed by atoms with Gasteiger partial charge in [-0.05, 0) is 5.56 Å². The minimum atomic E-state index is -0.875. The number of nitrogens with zero attached hydrogens (tertiary/aromatic N) is 1. The van der Waals surface area contributed by atoms with Gasteiger partial charge in [0.15, 0.2) is 5.60 Å². The van der Waals surface area contributed by atoms with Crippen LogP contribution in [0.15, 0.2) is 24.3 Å². The lowest BCUT2D eigenvalue weighted by molar-refractivity contribution is -0.626. The maximum Gasteiger partial charge on any atom is 0.261 e. The molecule has 2 heterocycles. The quantitative estimate of drug-likeness (QED) is 0.781. The molecule has 2 aliphatic rings. The second-order valence-corrected chi connectivity index (χ2v) is 7.92. The highest BCUT2D eigenvalue weighted by atomic mass is 17.3. The normalized spacial score (nSPS) is 32.9. The van der Waals surface area contributed by atoms with Gasteiger partial charge in [0.05, 0.1) is 19.1 Å². The maximum absolute atomic E-state index is 8.80. The van der Waals surface area contributed by atoms with Gasteiger partial charge >= 0.3 is 0 Å². The van der Waals surface area contributed by atoms with E-state index in [2.05, 4.69) is 40.7 Å². The van der Waals surface area contributed by atoms with Crippen LogP contribution in [0.3, 0.4) is 0 Å². The number of benzene rings is 1. The topological polar surface area (TPSA) is 51.5 Å². The number of rotatable bonds is 2. The average molecular weight is 301 g/mol. The Balaban J connectivity index is 2.08. The smallest absolute Gasteiger partial charge is 0.261 e. The molecule has 0 aromatic heterocycles. The molecule has 1 aromatic rings. The van der Waals surface area contributed by atoms with Gasteiger partial charge in [0.2, 0.25) is 0 Å². The summed E-state index contributed by atoms with van der Waals surface area (Å²) in [7, 11) is 0. The molecular weight excluding hydrogens is 278 g/mol. The predicted molar refractivity (Wildman–Crippen MR) is 81.5 cm³/mol. The molecule has 1 aromatic carbocycles. The zero-order valence-electron chi connectivity index (χ0n) is 13.9. The van der Waals surface area contributed by atoms with Crippen LogP contribution in [-0.2, 0) is 26.7 Å². The molecule has 2 fully saturated rings. The van der Waals surface area contributed by atoms with Gasteiger partial charge in [-0.1, -0.05) is 58.9 Å². The van der Waals surface area contributed by atoms with Crippen LogP contribution < -0.4 is 0 Å². The molecule has 118 valence electrons. The second kappa shape index (κ2) is 4.55. The molecule has 4 nitrogen and oxygen atoms in total. The van der Waals surface area contributed by atoms with Gasteiger partial charge in [0.1, 0.15) is 0 Å². The van der Waals surface area contributed by atoms with Gasteiger partial charge in [-0.3, -0.25) is 0 Å². The zero-order valence-corrected chi connectivity index (χ0v) is 13.9. The van der Waals surface area contributed by atoms with Crippen LogP contribution in [0.5, 0.6) is 0 Å². The van der Waals surface area contributed by atoms with E-state index < -0.39 is 11.4 Å². The van der Waals surface area contributed by atoms with Crippen LogP contribution in [0.25, 0.3) is 0 Å². The Labute approximate surface area is 131 Å². The van der Waals surface area contributed by atoms with E-state index in [1.807, 2.05) is 24.3 Å². The Morgan fingerprint density at radius 2 is 1.77 bits per heavy atom. The summed E-state index contributed by atoms with van der Waals surface area (Å²) in [5.74, 6) is -0.875. The summed E-state index contributed by atoms with van der Waals surface area (Å²) >= 11 is 0. The van der Waals surface area contributed by atoms with E-state index in [0.717, 1.165) is 11.1 Å². The summed E-state index contributed by atoms with van der Waals surface area (Å²) in [5.41, 5.74) is 1.05. The molecule has 4 heteroatoms. The maximum atomic E-state index is 8.80. The van der Waals surface area contributed by atoms with Gasteiger partial charge in [-0.15, -0.1) is 0 Å². The zero-order chi connectivity index (χ0) is 16.2. The van der Waals surface area contributed by atoms with E-state index in [1.165, 1.54) is 0 Å². The van der Waals surface area contributed by atoms with Crippen molar-refractivity contribution in [1.29, 1.82) is 5.26 Å². The summed E-state index contributed by atoms with van der Waals surface area (Å²) in [4.78, 5) is 11.4. The lowest BCUT2D eigenvalue weighted by Crippen LogP contribution is -2.73. The highest BCUT2D eigenvalue weighted by Crippen LogP contribution is 2.69. The molecule has 0 radical (unpaired) electrons. The van der Waals surface area contributed by atoms with Crippen LogP contribution in [0, 0.1) is 22.2 Å². The fourth-order valence-electron chi connectivity index (χ4n) is 4.17. The fraction of sp³-hybridized carbons (Fsp3) is 0.611. The molecule has 3 rings (SSSR count). The lowest BCUT2D eigenvalue weighted by atomic mass is 9.57. The number of hydrogen-bond donors (Lipinski definition) is 0. The van der Waals surface area contributed by atoms with Gasteiger partial charge in [0.25, 0.3) is 5.79 Å². The Kier molecular flexibility index (Phi) is 3.20. The lowest BCUT2D eigenvalue weighted by Gasteiger charge is -2.61. The van der Waals surface area contributed by atoms with Crippen molar-refractivity contribution in [3.63, 3.8) is 0 Å². The summed E-state index contributed by atoms with van der Waals surface area (Å²) in [5, 5.41) is 8.80. The minimum absolute atomic E-state index is 0.156. The van der Waals surface area contributed by atoms with Crippen LogP contribution in [0.4, 0.5) is 0 Å². The van der Waals surface area contributed by atoms with Gasteiger partial charge < -0.3 is 4.74 Å². The summed E-state index contributed by atoms with van der Waals surface area (Å²) < 4.78 is 6.16. The first-order chi connectivity index (χ1) is 10.2. The van der Waals surface area contributed by atoms with Crippen molar-refractivity contribution in [3.8, 4) is 6.07 Å². The molecule has 2 unspecified atom stereocenters.